The summed E-state index contributed by atoms with van der Waals surface area (Å²) in [4.78, 5) is 25.4. The highest BCUT2D eigenvalue weighted by Crippen LogP contribution is 2.19. The largest absolute Gasteiger partial charge is 0.292 e. The van der Waals surface area contributed by atoms with Gasteiger partial charge in [0.2, 0.25) is 10.0 Å². The Hall–Kier alpha value is -2.27. The van der Waals surface area contributed by atoms with Gasteiger partial charge in [0, 0.05) is 17.5 Å². The fourth-order valence-electron chi connectivity index (χ4n) is 2.37. The Morgan fingerprint density at radius 1 is 1.21 bits per heavy atom. The van der Waals surface area contributed by atoms with Crippen molar-refractivity contribution < 1.29 is 17.6 Å². The zero-order chi connectivity index (χ0) is 21.0. The number of nitrogens with one attached hydrogen (secondary N) is 1. The van der Waals surface area contributed by atoms with Crippen LogP contribution in [-0.4, -0.2) is 29.2 Å². The lowest BCUT2D eigenvalue weighted by Crippen LogP contribution is -2.24. The summed E-state index contributed by atoms with van der Waals surface area (Å²) < 4.78 is 40.1. The molecule has 2 heterocycles. The predicted octanol–water partition coefficient (Wildman–Crippen LogP) is 3.33. The minimum atomic E-state index is -3.90. The molecule has 2 aromatic heterocycles. The Morgan fingerprint density at radius 3 is 2.62 bits per heavy atom. The molecule has 0 radical (unpaired) electrons. The molecule has 11 heteroatoms. The van der Waals surface area contributed by atoms with E-state index in [2.05, 4.69) is 19.7 Å². The summed E-state index contributed by atoms with van der Waals surface area (Å²) in [7, 11) is -3.90. The molecule has 152 valence electrons. The average Bonchev–Trinajstić information content (AvgIpc) is 3.12. The maximum absolute atomic E-state index is 13.2. The molecule has 0 aliphatic carbocycles. The molecule has 1 aromatic carbocycles. The number of hydrogen-bond donors (Lipinski definition) is 1. The van der Waals surface area contributed by atoms with Gasteiger partial charge in [-0.05, 0) is 31.5 Å². The van der Waals surface area contributed by atoms with Crippen LogP contribution in [0.25, 0.3) is 0 Å². The van der Waals surface area contributed by atoms with Gasteiger partial charge < -0.3 is 0 Å². The second-order valence-electron chi connectivity index (χ2n) is 6.06. The Labute approximate surface area is 176 Å². The highest BCUT2D eigenvalue weighted by Gasteiger charge is 2.16. The number of carbonyl (C=O) groups is 1. The molecule has 0 fully saturated rings. The van der Waals surface area contributed by atoms with Gasteiger partial charge in [-0.15, -0.1) is 11.3 Å². The molecular formula is C18H16ClFN4O3S2. The topological polar surface area (TPSA) is 102 Å². The molecular weight excluding hydrogens is 439 g/mol. The highest BCUT2D eigenvalue weighted by atomic mass is 35.5. The maximum Gasteiger partial charge on any atom is 0.240 e. The number of nitrogens with zero attached hydrogens (tertiary/aromatic N) is 3. The highest BCUT2D eigenvalue weighted by molar-refractivity contribution is 7.89. The molecule has 29 heavy (non-hydrogen) atoms. The van der Waals surface area contributed by atoms with Gasteiger partial charge in [0.15, 0.2) is 5.78 Å². The third kappa shape index (κ3) is 5.63. The Balaban J connectivity index is 1.58. The van der Waals surface area contributed by atoms with E-state index in [1.807, 2.05) is 6.92 Å². The third-order valence-corrected chi connectivity index (χ3v) is 6.56. The van der Waals surface area contributed by atoms with Crippen molar-refractivity contribution in [2.75, 3.05) is 0 Å². The van der Waals surface area contributed by atoms with E-state index in [-0.39, 0.29) is 34.4 Å². The first kappa shape index (κ1) is 21.4. The molecule has 0 saturated carbocycles. The second kappa shape index (κ2) is 9.04. The van der Waals surface area contributed by atoms with Crippen LogP contribution in [0.15, 0.2) is 41.7 Å². The van der Waals surface area contributed by atoms with E-state index in [1.165, 1.54) is 12.4 Å². The normalized spacial score (nSPS) is 11.6. The summed E-state index contributed by atoms with van der Waals surface area (Å²) in [5, 5.41) is 0.658. The maximum atomic E-state index is 13.2. The number of sulfonamides is 1. The van der Waals surface area contributed by atoms with Crippen molar-refractivity contribution in [3.63, 3.8) is 0 Å². The lowest BCUT2D eigenvalue weighted by Gasteiger charge is -2.07. The molecule has 0 aliphatic heterocycles. The number of thiazole rings is 1. The van der Waals surface area contributed by atoms with Crippen LogP contribution in [0, 0.1) is 12.7 Å². The van der Waals surface area contributed by atoms with Crippen LogP contribution in [0.1, 0.15) is 32.5 Å². The fourth-order valence-corrected chi connectivity index (χ4v) is 4.44. The molecule has 3 aromatic rings. The zero-order valence-corrected chi connectivity index (χ0v) is 17.6. The summed E-state index contributed by atoms with van der Waals surface area (Å²) in [6.07, 6.45) is 5.27. The number of Topliss-reactive ketones (excluding diaryl/α,β-unsaturated/α-hetero) is 1. The van der Waals surface area contributed by atoms with Crippen LogP contribution < -0.4 is 4.72 Å². The van der Waals surface area contributed by atoms with Crippen LogP contribution in [0.3, 0.4) is 0 Å². The molecule has 0 bridgehead atoms. The lowest BCUT2D eigenvalue weighted by atomic mass is 10.1. The van der Waals surface area contributed by atoms with Gasteiger partial charge in [-0.3, -0.25) is 9.78 Å². The van der Waals surface area contributed by atoms with Gasteiger partial charge in [-0.25, -0.2) is 27.5 Å². The Kier molecular flexibility index (Phi) is 6.68. The summed E-state index contributed by atoms with van der Waals surface area (Å²) in [5.41, 5.74) is 0.541. The van der Waals surface area contributed by atoms with Gasteiger partial charge in [-0.1, -0.05) is 11.6 Å². The van der Waals surface area contributed by atoms with Crippen molar-refractivity contribution in [3.8, 4) is 0 Å². The molecule has 3 rings (SSSR count). The van der Waals surface area contributed by atoms with Crippen molar-refractivity contribution in [1.29, 1.82) is 0 Å². The first-order chi connectivity index (χ1) is 13.7. The van der Waals surface area contributed by atoms with E-state index in [1.54, 1.807) is 17.5 Å². The summed E-state index contributed by atoms with van der Waals surface area (Å²) in [6, 6.07) is 3.11. The fraction of sp³-hybridized carbons (Fsp3) is 0.222. The Bertz CT molecular complexity index is 1130. The van der Waals surface area contributed by atoms with E-state index in [4.69, 9.17) is 11.6 Å². The van der Waals surface area contributed by atoms with Crippen LogP contribution in [0.2, 0.25) is 5.02 Å². The van der Waals surface area contributed by atoms with E-state index < -0.39 is 15.8 Å². The van der Waals surface area contributed by atoms with E-state index >= 15 is 0 Å². The third-order valence-electron chi connectivity index (χ3n) is 3.90. The smallest absolute Gasteiger partial charge is 0.240 e. The predicted molar refractivity (Wildman–Crippen MR) is 107 cm³/mol. The first-order valence-electron chi connectivity index (χ1n) is 8.45. The molecule has 0 spiro atoms. The van der Waals surface area contributed by atoms with Crippen molar-refractivity contribution in [2.45, 2.75) is 31.2 Å². The molecule has 0 amide bonds. The number of halogens is 2. The lowest BCUT2D eigenvalue weighted by molar-refractivity contribution is 0.0978. The van der Waals surface area contributed by atoms with Gasteiger partial charge in [0.25, 0.3) is 0 Å². The minimum Gasteiger partial charge on any atom is -0.292 e. The molecule has 0 unspecified atom stereocenters. The molecule has 1 N–H and O–H groups in total. The molecule has 7 nitrogen and oxygen atoms in total. The van der Waals surface area contributed by atoms with Crippen molar-refractivity contribution in [1.82, 2.24) is 19.7 Å². The first-order valence-corrected chi connectivity index (χ1v) is 11.1. The van der Waals surface area contributed by atoms with E-state index in [0.29, 0.717) is 12.1 Å². The van der Waals surface area contributed by atoms with Crippen LogP contribution in [0.4, 0.5) is 4.39 Å². The van der Waals surface area contributed by atoms with Gasteiger partial charge >= 0.3 is 0 Å². The summed E-state index contributed by atoms with van der Waals surface area (Å²) >= 11 is 7.17. The van der Waals surface area contributed by atoms with Crippen molar-refractivity contribution in [2.24, 2.45) is 0 Å². The summed E-state index contributed by atoms with van der Waals surface area (Å²) in [6.45, 7) is 1.76. The van der Waals surface area contributed by atoms with E-state index in [9.17, 15) is 17.6 Å². The summed E-state index contributed by atoms with van der Waals surface area (Å²) in [5.74, 6) is -0.862. The van der Waals surface area contributed by atoms with Crippen molar-refractivity contribution in [3.05, 3.63) is 68.9 Å². The molecule has 0 saturated heterocycles. The second-order valence-corrected chi connectivity index (χ2v) is 9.56. The standard InChI is InChI=1S/C18H16ClFN4O3S2/c1-11-21-9-13(28-11)2-5-18(25)17-10-22-12(7-23-17)8-24-29(26,27)14-3-4-16(20)15(19)6-14/h3-4,6-7,9-10,24H,2,5,8H2,1H3. The van der Waals surface area contributed by atoms with Crippen LogP contribution in [-0.2, 0) is 23.0 Å². The van der Waals surface area contributed by atoms with Gasteiger partial charge in [0.05, 0.1) is 39.6 Å². The monoisotopic (exact) mass is 454 g/mol. The number of aryl methyl sites for hydroxylation is 2. The number of ketones is 1. The average molecular weight is 455 g/mol. The number of rotatable bonds is 8. The Morgan fingerprint density at radius 2 is 2.00 bits per heavy atom. The number of benzene rings is 1. The number of aromatic nitrogens is 3. The minimum absolute atomic E-state index is 0.140. The van der Waals surface area contributed by atoms with Crippen LogP contribution >= 0.6 is 22.9 Å². The SMILES string of the molecule is Cc1ncc(CCC(=O)c2cnc(CNS(=O)(=O)c3ccc(F)c(Cl)c3)cn2)s1. The molecule has 0 atom stereocenters. The number of hydrogen-bond acceptors (Lipinski definition) is 7. The zero-order valence-electron chi connectivity index (χ0n) is 15.2. The van der Waals surface area contributed by atoms with E-state index in [0.717, 1.165) is 28.1 Å². The molecule has 0 aliphatic rings. The quantitative estimate of drug-likeness (QED) is 0.524. The van der Waals surface area contributed by atoms with Crippen LogP contribution in [0.5, 0.6) is 0 Å². The van der Waals surface area contributed by atoms with Gasteiger partial charge in [0.1, 0.15) is 11.5 Å². The van der Waals surface area contributed by atoms with Crippen molar-refractivity contribution >= 4 is 38.7 Å². The number of carbonyl (C=O) groups excluding carboxylic acids is 1. The van der Waals surface area contributed by atoms with Gasteiger partial charge in [-0.2, -0.15) is 0 Å².